The number of sulfone groups is 1. The molecule has 0 aliphatic carbocycles. The van der Waals surface area contributed by atoms with Crippen LogP contribution in [0.3, 0.4) is 0 Å². The minimum absolute atomic E-state index is 0.0338. The van der Waals surface area contributed by atoms with E-state index >= 15 is 0 Å². The second kappa shape index (κ2) is 4.86. The van der Waals surface area contributed by atoms with Crippen LogP contribution in [0.1, 0.15) is 12.0 Å². The summed E-state index contributed by atoms with van der Waals surface area (Å²) in [5, 5.41) is 8.87. The van der Waals surface area contributed by atoms with Gasteiger partial charge in [0.05, 0.1) is 30.2 Å². The third-order valence-corrected chi connectivity index (χ3v) is 4.48. The van der Waals surface area contributed by atoms with Crippen LogP contribution in [-0.4, -0.2) is 33.1 Å². The largest absolute Gasteiger partial charge is 0.497 e. The van der Waals surface area contributed by atoms with Gasteiger partial charge in [0.25, 0.3) is 0 Å². The van der Waals surface area contributed by atoms with Gasteiger partial charge in [-0.3, -0.25) is 0 Å². The van der Waals surface area contributed by atoms with Gasteiger partial charge in [0, 0.05) is 6.07 Å². The molecule has 0 aromatic heterocycles. The molecular formula is C12H13NO4S. The van der Waals surface area contributed by atoms with Crippen molar-refractivity contribution in [1.82, 2.24) is 0 Å². The molecule has 0 spiro atoms. The van der Waals surface area contributed by atoms with Crippen molar-refractivity contribution in [2.75, 3.05) is 18.6 Å². The number of nitriles is 1. The summed E-state index contributed by atoms with van der Waals surface area (Å²) in [4.78, 5) is 0. The fourth-order valence-corrected chi connectivity index (χ4v) is 3.46. The average molecular weight is 267 g/mol. The van der Waals surface area contributed by atoms with E-state index in [1.54, 1.807) is 18.2 Å². The smallest absolute Gasteiger partial charge is 0.154 e. The first-order valence-electron chi connectivity index (χ1n) is 5.49. The van der Waals surface area contributed by atoms with Gasteiger partial charge >= 0.3 is 0 Å². The molecule has 1 aliphatic heterocycles. The minimum Gasteiger partial charge on any atom is -0.497 e. The van der Waals surface area contributed by atoms with E-state index in [1.807, 2.05) is 6.07 Å². The maximum atomic E-state index is 11.3. The van der Waals surface area contributed by atoms with Crippen molar-refractivity contribution < 1.29 is 17.9 Å². The Kier molecular flexibility index (Phi) is 3.43. The van der Waals surface area contributed by atoms with Crippen LogP contribution in [0.25, 0.3) is 0 Å². The van der Waals surface area contributed by atoms with Crippen LogP contribution in [0.4, 0.5) is 0 Å². The summed E-state index contributed by atoms with van der Waals surface area (Å²) in [6.45, 7) is 0. The molecule has 0 amide bonds. The van der Waals surface area contributed by atoms with Crippen molar-refractivity contribution in [1.29, 1.82) is 5.26 Å². The Balaban J connectivity index is 2.17. The van der Waals surface area contributed by atoms with E-state index in [2.05, 4.69) is 0 Å². The molecule has 6 heteroatoms. The fourth-order valence-electron chi connectivity index (χ4n) is 1.87. The second-order valence-electron chi connectivity index (χ2n) is 4.15. The van der Waals surface area contributed by atoms with Crippen molar-refractivity contribution in [2.45, 2.75) is 12.5 Å². The Morgan fingerprint density at radius 1 is 1.33 bits per heavy atom. The number of hydrogen-bond donors (Lipinski definition) is 0. The molecule has 1 aromatic rings. The summed E-state index contributed by atoms with van der Waals surface area (Å²) in [5.41, 5.74) is 0.421. The molecule has 0 bridgehead atoms. The first-order valence-corrected chi connectivity index (χ1v) is 7.31. The Labute approximate surface area is 106 Å². The van der Waals surface area contributed by atoms with Crippen molar-refractivity contribution in [2.24, 2.45) is 0 Å². The summed E-state index contributed by atoms with van der Waals surface area (Å²) in [6.07, 6.45) is 0.148. The van der Waals surface area contributed by atoms with E-state index in [4.69, 9.17) is 14.7 Å². The van der Waals surface area contributed by atoms with E-state index in [1.165, 1.54) is 7.11 Å². The highest BCUT2D eigenvalue weighted by Gasteiger charge is 2.29. The van der Waals surface area contributed by atoms with Gasteiger partial charge < -0.3 is 9.47 Å². The van der Waals surface area contributed by atoms with E-state index in [0.717, 1.165) is 0 Å². The van der Waals surface area contributed by atoms with E-state index in [-0.39, 0.29) is 17.6 Å². The monoisotopic (exact) mass is 267 g/mol. The highest BCUT2D eigenvalue weighted by molar-refractivity contribution is 7.91. The molecule has 0 N–H and O–H groups in total. The lowest BCUT2D eigenvalue weighted by molar-refractivity contribution is 0.228. The summed E-state index contributed by atoms with van der Waals surface area (Å²) in [5.74, 6) is 1.18. The maximum Gasteiger partial charge on any atom is 0.154 e. The fraction of sp³-hybridized carbons (Fsp3) is 0.417. The second-order valence-corrected chi connectivity index (χ2v) is 6.38. The molecule has 0 saturated carbocycles. The highest BCUT2D eigenvalue weighted by atomic mass is 32.2. The number of nitrogens with zero attached hydrogens (tertiary/aromatic N) is 1. The third-order valence-electron chi connectivity index (χ3n) is 2.74. The Morgan fingerprint density at radius 3 is 2.61 bits per heavy atom. The summed E-state index contributed by atoms with van der Waals surface area (Å²) >= 11 is 0. The lowest BCUT2D eigenvalue weighted by Crippen LogP contribution is -2.17. The standard InChI is InChI=1S/C12H13NO4S/c1-16-11-4-9(7-13)5-12(6-11)17-10-2-3-18(14,15)8-10/h4-6,10H,2-3,8H2,1H3. The lowest BCUT2D eigenvalue weighted by atomic mass is 10.2. The number of methoxy groups -OCH3 is 1. The van der Waals surface area contributed by atoms with E-state index < -0.39 is 9.84 Å². The molecule has 1 fully saturated rings. The van der Waals surface area contributed by atoms with E-state index in [0.29, 0.717) is 23.5 Å². The average Bonchev–Trinajstić information content (AvgIpc) is 2.68. The summed E-state index contributed by atoms with van der Waals surface area (Å²) < 4.78 is 33.3. The Bertz CT molecular complexity index is 589. The molecule has 96 valence electrons. The maximum absolute atomic E-state index is 11.3. The zero-order chi connectivity index (χ0) is 13.2. The first kappa shape index (κ1) is 12.7. The highest BCUT2D eigenvalue weighted by Crippen LogP contribution is 2.25. The predicted molar refractivity (Wildman–Crippen MR) is 65.4 cm³/mol. The minimum atomic E-state index is -2.97. The number of hydrogen-bond acceptors (Lipinski definition) is 5. The van der Waals surface area contributed by atoms with Gasteiger partial charge in [-0.1, -0.05) is 0 Å². The van der Waals surface area contributed by atoms with Gasteiger partial charge in [-0.15, -0.1) is 0 Å². The van der Waals surface area contributed by atoms with Gasteiger partial charge in [0.1, 0.15) is 17.6 Å². The number of rotatable bonds is 3. The zero-order valence-electron chi connectivity index (χ0n) is 9.92. The summed E-state index contributed by atoms with van der Waals surface area (Å²) in [7, 11) is -1.47. The zero-order valence-corrected chi connectivity index (χ0v) is 10.7. The van der Waals surface area contributed by atoms with Crippen molar-refractivity contribution in [3.63, 3.8) is 0 Å². The van der Waals surface area contributed by atoms with Crippen LogP contribution in [-0.2, 0) is 9.84 Å². The van der Waals surface area contributed by atoms with Gasteiger partial charge in [0.15, 0.2) is 9.84 Å². The van der Waals surface area contributed by atoms with Gasteiger partial charge in [-0.2, -0.15) is 5.26 Å². The SMILES string of the molecule is COc1cc(C#N)cc(OC2CCS(=O)(=O)C2)c1. The lowest BCUT2D eigenvalue weighted by Gasteiger charge is -2.13. The normalized spacial score (nSPS) is 21.2. The van der Waals surface area contributed by atoms with Crippen LogP contribution in [0.15, 0.2) is 18.2 Å². The van der Waals surface area contributed by atoms with Crippen LogP contribution in [0.5, 0.6) is 11.5 Å². The number of ether oxygens (including phenoxy) is 2. The molecule has 1 atom stereocenters. The molecule has 1 aromatic carbocycles. The molecule has 0 radical (unpaired) electrons. The number of benzene rings is 1. The quantitative estimate of drug-likeness (QED) is 0.820. The predicted octanol–water partition coefficient (Wildman–Crippen LogP) is 1.13. The molecular weight excluding hydrogens is 254 g/mol. The van der Waals surface area contributed by atoms with Crippen LogP contribution in [0, 0.1) is 11.3 Å². The van der Waals surface area contributed by atoms with E-state index in [9.17, 15) is 8.42 Å². The summed E-state index contributed by atoms with van der Waals surface area (Å²) in [6, 6.07) is 6.82. The molecule has 5 nitrogen and oxygen atoms in total. The van der Waals surface area contributed by atoms with Crippen LogP contribution < -0.4 is 9.47 Å². The Morgan fingerprint density at radius 2 is 2.06 bits per heavy atom. The Hall–Kier alpha value is -1.74. The first-order chi connectivity index (χ1) is 8.52. The van der Waals surface area contributed by atoms with Crippen molar-refractivity contribution in [3.8, 4) is 17.6 Å². The molecule has 2 rings (SSSR count). The molecule has 1 unspecified atom stereocenters. The van der Waals surface area contributed by atoms with Gasteiger partial charge in [-0.05, 0) is 18.6 Å². The van der Waals surface area contributed by atoms with Crippen LogP contribution >= 0.6 is 0 Å². The van der Waals surface area contributed by atoms with Crippen LogP contribution in [0.2, 0.25) is 0 Å². The molecule has 18 heavy (non-hydrogen) atoms. The molecule has 1 aliphatic rings. The van der Waals surface area contributed by atoms with Crippen molar-refractivity contribution >= 4 is 9.84 Å². The topological polar surface area (TPSA) is 76.4 Å². The van der Waals surface area contributed by atoms with Gasteiger partial charge in [-0.25, -0.2) is 8.42 Å². The molecule has 1 saturated heterocycles. The van der Waals surface area contributed by atoms with Gasteiger partial charge in [0.2, 0.25) is 0 Å². The molecule has 1 heterocycles. The third kappa shape index (κ3) is 2.93. The van der Waals surface area contributed by atoms with Crippen molar-refractivity contribution in [3.05, 3.63) is 23.8 Å².